The van der Waals surface area contributed by atoms with Gasteiger partial charge in [0, 0.05) is 36.6 Å². The molecule has 0 saturated heterocycles. The van der Waals surface area contributed by atoms with Gasteiger partial charge in [0.15, 0.2) is 23.9 Å². The van der Waals surface area contributed by atoms with Gasteiger partial charge in [-0.2, -0.15) is 0 Å². The van der Waals surface area contributed by atoms with Gasteiger partial charge in [-0.1, -0.05) is 5.16 Å². The van der Waals surface area contributed by atoms with Gasteiger partial charge in [0.1, 0.15) is 5.76 Å². The SMILES string of the molecule is COc1cc2c(cc1OC)CN(C(=O)COC(=O)/C=C/c1cc(C)n(-c3cc(C)on3)c1C)CC2. The molecule has 3 aromatic rings. The molecule has 9 nitrogen and oxygen atoms in total. The summed E-state index contributed by atoms with van der Waals surface area (Å²) in [5.41, 5.74) is 4.83. The number of benzene rings is 1. The van der Waals surface area contributed by atoms with Crippen LogP contribution < -0.4 is 9.47 Å². The number of fused-ring (bicyclic) bond motifs is 1. The Balaban J connectivity index is 1.35. The smallest absolute Gasteiger partial charge is 0.331 e. The number of ether oxygens (including phenoxy) is 3. The second-order valence-corrected chi connectivity index (χ2v) is 8.44. The number of aryl methyl sites for hydroxylation is 2. The zero-order valence-electron chi connectivity index (χ0n) is 20.6. The van der Waals surface area contributed by atoms with Gasteiger partial charge < -0.3 is 23.6 Å². The first-order valence-corrected chi connectivity index (χ1v) is 11.3. The van der Waals surface area contributed by atoms with E-state index in [1.54, 1.807) is 25.2 Å². The zero-order valence-corrected chi connectivity index (χ0v) is 20.6. The van der Waals surface area contributed by atoms with Crippen LogP contribution in [0, 0.1) is 20.8 Å². The molecular formula is C26H29N3O6. The van der Waals surface area contributed by atoms with E-state index in [4.69, 9.17) is 18.7 Å². The molecule has 0 bridgehead atoms. The fourth-order valence-electron chi connectivity index (χ4n) is 4.29. The predicted octanol–water partition coefficient (Wildman–Crippen LogP) is 3.55. The van der Waals surface area contributed by atoms with Crippen molar-refractivity contribution in [3.8, 4) is 17.3 Å². The van der Waals surface area contributed by atoms with Crippen LogP contribution in [0.4, 0.5) is 0 Å². The van der Waals surface area contributed by atoms with Crippen LogP contribution in [0.15, 0.2) is 34.9 Å². The molecule has 0 unspecified atom stereocenters. The van der Waals surface area contributed by atoms with E-state index in [1.165, 1.54) is 6.08 Å². The third-order valence-electron chi connectivity index (χ3n) is 6.12. The first-order valence-electron chi connectivity index (χ1n) is 11.3. The van der Waals surface area contributed by atoms with Gasteiger partial charge in [-0.25, -0.2) is 4.79 Å². The molecule has 0 saturated carbocycles. The minimum atomic E-state index is -0.579. The van der Waals surface area contributed by atoms with Gasteiger partial charge >= 0.3 is 5.97 Å². The molecule has 35 heavy (non-hydrogen) atoms. The Bertz CT molecular complexity index is 1290. The highest BCUT2D eigenvalue weighted by atomic mass is 16.5. The molecule has 1 amide bonds. The van der Waals surface area contributed by atoms with Crippen LogP contribution in [-0.2, 0) is 27.3 Å². The molecule has 1 aromatic carbocycles. The van der Waals surface area contributed by atoms with E-state index in [0.29, 0.717) is 42.6 Å². The Kier molecular flexibility index (Phi) is 6.95. The third-order valence-corrected chi connectivity index (χ3v) is 6.12. The molecule has 0 radical (unpaired) electrons. The zero-order chi connectivity index (χ0) is 25.1. The Labute approximate surface area is 203 Å². The van der Waals surface area contributed by atoms with Crippen LogP contribution in [0.25, 0.3) is 11.9 Å². The van der Waals surface area contributed by atoms with Crippen LogP contribution in [0.5, 0.6) is 11.5 Å². The molecule has 0 spiro atoms. The van der Waals surface area contributed by atoms with Crippen molar-refractivity contribution in [2.75, 3.05) is 27.4 Å². The fraction of sp³-hybridized carbons (Fsp3) is 0.346. The van der Waals surface area contributed by atoms with E-state index in [2.05, 4.69) is 5.16 Å². The number of amides is 1. The Hall–Kier alpha value is -4.01. The standard InChI is InChI=1S/C26H29N3O6/c1-16-10-19(18(3)29(16)24-11-17(2)35-27-24)6-7-26(31)34-15-25(30)28-9-8-20-12-22(32-4)23(33-5)13-21(20)14-28/h6-7,10-13H,8-9,14-15H2,1-5H3/b7-6+. The summed E-state index contributed by atoms with van der Waals surface area (Å²) in [7, 11) is 3.18. The maximum absolute atomic E-state index is 12.7. The number of aromatic nitrogens is 2. The average Bonchev–Trinajstić information content (AvgIpc) is 3.40. The highest BCUT2D eigenvalue weighted by Gasteiger charge is 2.23. The summed E-state index contributed by atoms with van der Waals surface area (Å²) < 4.78 is 23.1. The van der Waals surface area contributed by atoms with E-state index in [-0.39, 0.29) is 12.5 Å². The number of nitrogens with zero attached hydrogens (tertiary/aromatic N) is 3. The van der Waals surface area contributed by atoms with Crippen molar-refractivity contribution < 1.29 is 28.3 Å². The van der Waals surface area contributed by atoms with E-state index in [9.17, 15) is 9.59 Å². The molecule has 4 rings (SSSR count). The van der Waals surface area contributed by atoms with E-state index in [0.717, 1.165) is 28.1 Å². The number of esters is 1. The Morgan fingerprint density at radius 1 is 1.06 bits per heavy atom. The summed E-state index contributed by atoms with van der Waals surface area (Å²) in [6.45, 7) is 6.37. The predicted molar refractivity (Wildman–Crippen MR) is 129 cm³/mol. The van der Waals surface area contributed by atoms with Crippen molar-refractivity contribution >= 4 is 18.0 Å². The summed E-state index contributed by atoms with van der Waals surface area (Å²) in [6, 6.07) is 7.63. The van der Waals surface area contributed by atoms with Crippen LogP contribution in [-0.4, -0.2) is 53.9 Å². The minimum absolute atomic E-state index is 0.244. The fourth-order valence-corrected chi connectivity index (χ4v) is 4.29. The van der Waals surface area contributed by atoms with Crippen molar-refractivity contribution in [2.45, 2.75) is 33.7 Å². The molecule has 1 aliphatic rings. The first-order chi connectivity index (χ1) is 16.8. The molecule has 9 heteroatoms. The van der Waals surface area contributed by atoms with Gasteiger partial charge in [-0.05, 0) is 68.2 Å². The van der Waals surface area contributed by atoms with Gasteiger partial charge in [0.2, 0.25) is 0 Å². The van der Waals surface area contributed by atoms with Crippen molar-refractivity contribution in [1.29, 1.82) is 0 Å². The van der Waals surface area contributed by atoms with Gasteiger partial charge in [-0.3, -0.25) is 9.36 Å². The van der Waals surface area contributed by atoms with Crippen molar-refractivity contribution in [1.82, 2.24) is 14.6 Å². The van der Waals surface area contributed by atoms with Crippen molar-refractivity contribution in [3.63, 3.8) is 0 Å². The number of methoxy groups -OCH3 is 2. The van der Waals surface area contributed by atoms with Crippen LogP contribution >= 0.6 is 0 Å². The summed E-state index contributed by atoms with van der Waals surface area (Å²) in [6.07, 6.45) is 3.70. The van der Waals surface area contributed by atoms with E-state index in [1.807, 2.05) is 49.6 Å². The number of hydrogen-bond acceptors (Lipinski definition) is 7. The monoisotopic (exact) mass is 479 g/mol. The lowest BCUT2D eigenvalue weighted by atomic mass is 9.99. The largest absolute Gasteiger partial charge is 0.493 e. The molecule has 2 aromatic heterocycles. The Morgan fingerprint density at radius 2 is 1.77 bits per heavy atom. The summed E-state index contributed by atoms with van der Waals surface area (Å²) >= 11 is 0. The van der Waals surface area contributed by atoms with E-state index >= 15 is 0 Å². The maximum Gasteiger partial charge on any atom is 0.331 e. The lowest BCUT2D eigenvalue weighted by molar-refractivity contribution is -0.148. The van der Waals surface area contributed by atoms with Gasteiger partial charge in [0.05, 0.1) is 14.2 Å². The molecule has 0 atom stereocenters. The summed E-state index contributed by atoms with van der Waals surface area (Å²) in [5.74, 6) is 1.87. The topological polar surface area (TPSA) is 96.0 Å². The quantitative estimate of drug-likeness (QED) is 0.378. The van der Waals surface area contributed by atoms with Crippen molar-refractivity contribution in [2.24, 2.45) is 0 Å². The number of hydrogen-bond donors (Lipinski definition) is 0. The highest BCUT2D eigenvalue weighted by Crippen LogP contribution is 2.33. The van der Waals surface area contributed by atoms with Crippen LogP contribution in [0.2, 0.25) is 0 Å². The Morgan fingerprint density at radius 3 is 2.43 bits per heavy atom. The van der Waals surface area contributed by atoms with Gasteiger partial charge in [-0.15, -0.1) is 0 Å². The molecule has 1 aliphatic heterocycles. The summed E-state index contributed by atoms with van der Waals surface area (Å²) in [5, 5.41) is 4.06. The van der Waals surface area contributed by atoms with Crippen LogP contribution in [0.1, 0.15) is 33.8 Å². The molecule has 0 aliphatic carbocycles. The first kappa shape index (κ1) is 24.1. The third kappa shape index (κ3) is 5.08. The second kappa shape index (κ2) is 10.1. The maximum atomic E-state index is 12.7. The highest BCUT2D eigenvalue weighted by molar-refractivity contribution is 5.89. The molecule has 3 heterocycles. The van der Waals surface area contributed by atoms with E-state index < -0.39 is 5.97 Å². The number of carbonyl (C=O) groups excluding carboxylic acids is 2. The van der Waals surface area contributed by atoms with Gasteiger partial charge in [0.25, 0.3) is 5.91 Å². The lowest BCUT2D eigenvalue weighted by Crippen LogP contribution is -2.38. The molecule has 0 N–H and O–H groups in total. The number of rotatable bonds is 7. The van der Waals surface area contributed by atoms with Crippen molar-refractivity contribution in [3.05, 3.63) is 64.2 Å². The lowest BCUT2D eigenvalue weighted by Gasteiger charge is -2.29. The average molecular weight is 480 g/mol. The second-order valence-electron chi connectivity index (χ2n) is 8.44. The molecule has 0 fully saturated rings. The minimum Gasteiger partial charge on any atom is -0.493 e. The number of carbonyl (C=O) groups is 2. The normalized spacial score (nSPS) is 13.1. The van der Waals surface area contributed by atoms with Crippen LogP contribution in [0.3, 0.4) is 0 Å². The molecule has 184 valence electrons. The summed E-state index contributed by atoms with van der Waals surface area (Å²) in [4.78, 5) is 26.6. The molecular weight excluding hydrogens is 450 g/mol.